The molecule has 25 heavy (non-hydrogen) atoms. The van der Waals surface area contributed by atoms with Gasteiger partial charge in [-0.3, -0.25) is 4.79 Å². The van der Waals surface area contributed by atoms with E-state index in [-0.39, 0.29) is 12.0 Å². The lowest BCUT2D eigenvalue weighted by atomic mass is 9.80. The van der Waals surface area contributed by atoms with Crippen molar-refractivity contribution >= 4 is 16.8 Å². The van der Waals surface area contributed by atoms with Crippen LogP contribution in [0.1, 0.15) is 43.9 Å². The highest BCUT2D eigenvalue weighted by Crippen LogP contribution is 2.34. The van der Waals surface area contributed by atoms with Gasteiger partial charge in [0.25, 0.3) is 0 Å². The summed E-state index contributed by atoms with van der Waals surface area (Å²) in [5.41, 5.74) is 3.84. The molecule has 2 heterocycles. The van der Waals surface area contributed by atoms with Crippen LogP contribution < -0.4 is 5.32 Å². The number of fused-ring (bicyclic) bond motifs is 3. The van der Waals surface area contributed by atoms with Crippen molar-refractivity contribution in [3.63, 3.8) is 0 Å². The minimum atomic E-state index is 0.224. The predicted octanol–water partition coefficient (Wildman–Crippen LogP) is 3.47. The van der Waals surface area contributed by atoms with Crippen LogP contribution in [-0.4, -0.2) is 35.4 Å². The number of H-pyrrole nitrogens is 1. The SMILES string of the molecule is CNCC1CCC(C(=O)N2Cc3[nH]c4ccccc4c3C[C@H]2C)CC1. The van der Waals surface area contributed by atoms with Crippen LogP contribution in [0.5, 0.6) is 0 Å². The molecule has 4 nitrogen and oxygen atoms in total. The molecule has 1 saturated carbocycles. The van der Waals surface area contributed by atoms with Crippen molar-refractivity contribution in [3.8, 4) is 0 Å². The number of hydrogen-bond donors (Lipinski definition) is 2. The van der Waals surface area contributed by atoms with Gasteiger partial charge in [-0.25, -0.2) is 0 Å². The van der Waals surface area contributed by atoms with Crippen LogP contribution in [-0.2, 0) is 17.8 Å². The van der Waals surface area contributed by atoms with E-state index in [1.807, 2.05) is 7.05 Å². The molecule has 2 N–H and O–H groups in total. The van der Waals surface area contributed by atoms with E-state index >= 15 is 0 Å². The number of carbonyl (C=O) groups is 1. The summed E-state index contributed by atoms with van der Waals surface area (Å²) in [6.07, 6.45) is 5.41. The maximum Gasteiger partial charge on any atom is 0.226 e. The Kier molecular flexibility index (Phi) is 4.55. The highest BCUT2D eigenvalue weighted by molar-refractivity contribution is 5.86. The number of nitrogens with zero attached hydrogens (tertiary/aromatic N) is 1. The van der Waals surface area contributed by atoms with Gasteiger partial charge in [-0.05, 0) is 70.2 Å². The summed E-state index contributed by atoms with van der Waals surface area (Å²) in [7, 11) is 2.02. The molecule has 1 fully saturated rings. The molecule has 1 atom stereocenters. The van der Waals surface area contributed by atoms with Gasteiger partial charge < -0.3 is 15.2 Å². The number of amides is 1. The Labute approximate surface area is 150 Å². The predicted molar refractivity (Wildman–Crippen MR) is 101 cm³/mol. The monoisotopic (exact) mass is 339 g/mol. The highest BCUT2D eigenvalue weighted by Gasteiger charge is 2.34. The first-order valence-corrected chi connectivity index (χ1v) is 9.71. The molecular formula is C21H29N3O. The Bertz CT molecular complexity index is 758. The maximum atomic E-state index is 13.1. The van der Waals surface area contributed by atoms with Crippen LogP contribution in [0.2, 0.25) is 0 Å². The van der Waals surface area contributed by atoms with E-state index in [2.05, 4.69) is 46.4 Å². The lowest BCUT2D eigenvalue weighted by Crippen LogP contribution is -2.46. The van der Waals surface area contributed by atoms with E-state index in [0.29, 0.717) is 5.91 Å². The van der Waals surface area contributed by atoms with Crippen molar-refractivity contribution in [3.05, 3.63) is 35.5 Å². The summed E-state index contributed by atoms with van der Waals surface area (Å²) in [5.74, 6) is 1.34. The van der Waals surface area contributed by atoms with Crippen LogP contribution in [0.4, 0.5) is 0 Å². The normalized spacial score (nSPS) is 26.6. The second kappa shape index (κ2) is 6.83. The smallest absolute Gasteiger partial charge is 0.226 e. The zero-order chi connectivity index (χ0) is 17.4. The Morgan fingerprint density at radius 2 is 2.00 bits per heavy atom. The lowest BCUT2D eigenvalue weighted by Gasteiger charge is -2.38. The number of rotatable bonds is 3. The van der Waals surface area contributed by atoms with E-state index in [4.69, 9.17) is 0 Å². The summed E-state index contributed by atoms with van der Waals surface area (Å²) in [6, 6.07) is 8.78. The highest BCUT2D eigenvalue weighted by atomic mass is 16.2. The fourth-order valence-electron chi connectivity index (χ4n) is 4.79. The van der Waals surface area contributed by atoms with Gasteiger partial charge in [0.05, 0.1) is 6.54 Å². The molecule has 0 saturated heterocycles. The maximum absolute atomic E-state index is 13.1. The van der Waals surface area contributed by atoms with Crippen LogP contribution in [0.15, 0.2) is 24.3 Å². The first-order valence-electron chi connectivity index (χ1n) is 9.71. The van der Waals surface area contributed by atoms with E-state index in [1.165, 1.54) is 35.0 Å². The molecule has 1 aliphatic carbocycles. The topological polar surface area (TPSA) is 48.1 Å². The van der Waals surface area contributed by atoms with Crippen molar-refractivity contribution in [1.29, 1.82) is 0 Å². The number of benzene rings is 1. The fourth-order valence-corrected chi connectivity index (χ4v) is 4.79. The van der Waals surface area contributed by atoms with E-state index in [1.54, 1.807) is 0 Å². The van der Waals surface area contributed by atoms with E-state index in [9.17, 15) is 4.79 Å². The third kappa shape index (κ3) is 3.08. The summed E-state index contributed by atoms with van der Waals surface area (Å²) < 4.78 is 0. The van der Waals surface area contributed by atoms with Crippen molar-refractivity contribution < 1.29 is 4.79 Å². The second-order valence-electron chi connectivity index (χ2n) is 7.92. The zero-order valence-electron chi connectivity index (χ0n) is 15.3. The van der Waals surface area contributed by atoms with Crippen LogP contribution in [0.3, 0.4) is 0 Å². The largest absolute Gasteiger partial charge is 0.357 e. The van der Waals surface area contributed by atoms with Crippen molar-refractivity contribution in [2.24, 2.45) is 11.8 Å². The average Bonchev–Trinajstić information content (AvgIpc) is 2.99. The van der Waals surface area contributed by atoms with Gasteiger partial charge in [0, 0.05) is 28.6 Å². The minimum Gasteiger partial charge on any atom is -0.357 e. The quantitative estimate of drug-likeness (QED) is 0.899. The Morgan fingerprint density at radius 3 is 2.76 bits per heavy atom. The number of carbonyl (C=O) groups excluding carboxylic acids is 1. The fraction of sp³-hybridized carbons (Fsp3) is 0.571. The Balaban J connectivity index is 1.49. The molecule has 1 aromatic heterocycles. The number of aromatic nitrogens is 1. The van der Waals surface area contributed by atoms with E-state index < -0.39 is 0 Å². The van der Waals surface area contributed by atoms with Gasteiger partial charge in [0.2, 0.25) is 5.91 Å². The molecule has 0 radical (unpaired) electrons. The molecule has 1 amide bonds. The molecule has 4 heteroatoms. The summed E-state index contributed by atoms with van der Waals surface area (Å²) in [6.45, 7) is 4.02. The molecule has 0 unspecified atom stereocenters. The molecule has 4 rings (SSSR count). The lowest BCUT2D eigenvalue weighted by molar-refractivity contribution is -0.140. The summed E-state index contributed by atoms with van der Waals surface area (Å²) in [5, 5.41) is 4.60. The molecule has 134 valence electrons. The average molecular weight is 339 g/mol. The van der Waals surface area contributed by atoms with E-state index in [0.717, 1.165) is 38.3 Å². The number of hydrogen-bond acceptors (Lipinski definition) is 2. The third-order valence-corrected chi connectivity index (χ3v) is 6.23. The van der Waals surface area contributed by atoms with Gasteiger partial charge in [-0.1, -0.05) is 18.2 Å². The molecule has 2 aromatic rings. The van der Waals surface area contributed by atoms with Crippen LogP contribution in [0, 0.1) is 11.8 Å². The van der Waals surface area contributed by atoms with Gasteiger partial charge in [0.1, 0.15) is 0 Å². The zero-order valence-corrected chi connectivity index (χ0v) is 15.3. The minimum absolute atomic E-state index is 0.224. The van der Waals surface area contributed by atoms with Crippen molar-refractivity contribution in [2.75, 3.05) is 13.6 Å². The number of para-hydroxylation sites is 1. The molecule has 1 aromatic carbocycles. The van der Waals surface area contributed by atoms with Crippen LogP contribution in [0.25, 0.3) is 10.9 Å². The third-order valence-electron chi connectivity index (χ3n) is 6.23. The molecular weight excluding hydrogens is 310 g/mol. The van der Waals surface area contributed by atoms with Crippen molar-refractivity contribution in [1.82, 2.24) is 15.2 Å². The number of nitrogens with one attached hydrogen (secondary N) is 2. The first kappa shape index (κ1) is 16.6. The van der Waals surface area contributed by atoms with Crippen molar-refractivity contribution in [2.45, 2.75) is 51.6 Å². The Morgan fingerprint density at radius 1 is 1.24 bits per heavy atom. The van der Waals surface area contributed by atoms with Gasteiger partial charge in [-0.15, -0.1) is 0 Å². The second-order valence-corrected chi connectivity index (χ2v) is 7.92. The molecule has 0 spiro atoms. The molecule has 1 aliphatic heterocycles. The summed E-state index contributed by atoms with van der Waals surface area (Å²) in [4.78, 5) is 18.8. The number of aromatic amines is 1. The van der Waals surface area contributed by atoms with Gasteiger partial charge >= 0.3 is 0 Å². The standard InChI is InChI=1S/C21H29N3O/c1-14-11-18-17-5-3-4-6-19(17)23-20(18)13-24(14)21(25)16-9-7-15(8-10-16)12-22-2/h3-6,14-16,22-23H,7-13H2,1-2H3/t14-,15?,16?/m1/s1. The first-order chi connectivity index (χ1) is 12.2. The molecule has 0 bridgehead atoms. The summed E-state index contributed by atoms with van der Waals surface area (Å²) >= 11 is 0. The molecule has 2 aliphatic rings. The Hall–Kier alpha value is -1.81. The van der Waals surface area contributed by atoms with Gasteiger partial charge in [0.15, 0.2) is 0 Å². The van der Waals surface area contributed by atoms with Gasteiger partial charge in [-0.2, -0.15) is 0 Å². The van der Waals surface area contributed by atoms with Crippen LogP contribution >= 0.6 is 0 Å².